The van der Waals surface area contributed by atoms with E-state index in [0.29, 0.717) is 240 Å². The number of ketones is 2. The van der Waals surface area contributed by atoms with Crippen LogP contribution in [0.1, 0.15) is 56.1 Å². The van der Waals surface area contributed by atoms with Crippen molar-refractivity contribution >= 4 is 53.5 Å². The Hall–Kier alpha value is -5.74. The van der Waals surface area contributed by atoms with Crippen LogP contribution in [0.4, 0.5) is 5.69 Å². The molecule has 4 atom stereocenters. The second-order valence-corrected chi connectivity index (χ2v) is 20.6. The first-order valence-electron chi connectivity index (χ1n) is 30.4. The number of Topliss-reactive ketones (excluding diaryl/α,β-unsaturated/α-hetero) is 2. The van der Waals surface area contributed by atoms with Crippen LogP contribution >= 0.6 is 12.2 Å². The molecule has 0 aliphatic carbocycles. The molecular weight excluding hydrogens is 1180 g/mol. The van der Waals surface area contributed by atoms with Crippen LogP contribution in [0.5, 0.6) is 0 Å². The number of aromatic nitrogens is 4. The average Bonchev–Trinajstić information content (AvgIpc) is 3.79. The van der Waals surface area contributed by atoms with Gasteiger partial charge in [0.15, 0.2) is 11.4 Å². The van der Waals surface area contributed by atoms with Crippen LogP contribution in [-0.4, -0.2) is 263 Å². The number of nitrogens with one attached hydrogen (secondary N) is 5. The average molecular weight is 1280 g/mol. The fraction of sp³-hybridized carbons (Fsp3) is 0.667. The van der Waals surface area contributed by atoms with E-state index in [1.165, 1.54) is 6.33 Å². The number of hydrogen-bond donors (Lipinski definition) is 6. The highest BCUT2D eigenvalue weighted by molar-refractivity contribution is 7.80. The number of aryl methyl sites for hydroxylation is 1. The number of carbonyl (C=O) groups is 5. The maximum absolute atomic E-state index is 12.3. The number of ether oxygens (including phenoxy) is 13. The maximum Gasteiger partial charge on any atom is 0.304 e. The first-order valence-corrected chi connectivity index (χ1v) is 30.8. The minimum absolute atomic E-state index is 0.0709. The van der Waals surface area contributed by atoms with Crippen LogP contribution in [0.15, 0.2) is 54.9 Å². The third kappa shape index (κ3) is 39.9. The smallest absolute Gasteiger partial charge is 0.304 e. The third-order valence-electron chi connectivity index (χ3n) is 13.2. The topological polar surface area (TPSA) is 337 Å². The number of anilines is 1. The van der Waals surface area contributed by atoms with Crippen molar-refractivity contribution in [2.75, 3.05) is 184 Å². The predicted octanol–water partition coefficient (Wildman–Crippen LogP) is 1.74. The van der Waals surface area contributed by atoms with Crippen molar-refractivity contribution in [2.24, 2.45) is 0 Å². The monoisotopic (exact) mass is 1280 g/mol. The Kier molecular flexibility index (Phi) is 44.2. The van der Waals surface area contributed by atoms with E-state index >= 15 is 0 Å². The molecule has 29 heteroatoms. The van der Waals surface area contributed by atoms with E-state index in [-0.39, 0.29) is 49.3 Å². The lowest BCUT2D eigenvalue weighted by molar-refractivity contribution is -0.138. The Morgan fingerprint density at radius 2 is 0.966 bits per heavy atom. The summed E-state index contributed by atoms with van der Waals surface area (Å²) in [6.07, 6.45) is 5.13. The van der Waals surface area contributed by atoms with Gasteiger partial charge in [-0.2, -0.15) is 0 Å². The number of thiocarbonyl (C=S) groups is 1. The molecule has 0 bridgehead atoms. The van der Waals surface area contributed by atoms with Crippen molar-refractivity contribution in [1.82, 2.24) is 41.7 Å². The highest BCUT2D eigenvalue weighted by Gasteiger charge is 2.30. The molecule has 2 heterocycles. The van der Waals surface area contributed by atoms with Crippen LogP contribution in [0, 0.1) is 0 Å². The fourth-order valence-electron chi connectivity index (χ4n) is 8.65. The molecule has 1 saturated heterocycles. The zero-order chi connectivity index (χ0) is 63.3. The number of carboxylic acid groups (broad SMARTS) is 1. The summed E-state index contributed by atoms with van der Waals surface area (Å²) >= 11 is 5.46. The minimum atomic E-state index is -0.966. The van der Waals surface area contributed by atoms with Gasteiger partial charge in [-0.15, -0.1) is 20.4 Å². The maximum atomic E-state index is 12.3. The van der Waals surface area contributed by atoms with E-state index in [1.807, 2.05) is 48.5 Å². The summed E-state index contributed by atoms with van der Waals surface area (Å²) in [5.41, 5.74) is 3.58. The quantitative estimate of drug-likeness (QED) is 0.0266. The van der Waals surface area contributed by atoms with Crippen molar-refractivity contribution in [3.05, 3.63) is 66.0 Å². The standard InChI is InChI=1S/C60H93N9O19S/c70-46-87-43-52-41-63-56(40-58(74)75)57(66-53(42-62-52)44-88-47-71)39-49-8-13-51(14-9-49)67-60(89)61-16-18-77-20-22-79-24-26-81-28-30-83-32-34-85-36-38-86-37-35-84-33-31-82-29-27-80-25-23-78-21-19-76-17-2-5-54(72)3-1-4-55(73)15-10-48-6-11-50(12-7-48)59-68-64-45-65-69-59/h6-9,11-14,45-47,52-53,56-57,62-63,66H,1-5,10,15-44H2,(H,74,75)(H2,61,67,89). The summed E-state index contributed by atoms with van der Waals surface area (Å²) in [6, 6.07) is 13.9. The van der Waals surface area contributed by atoms with Gasteiger partial charge in [0.2, 0.25) is 5.82 Å². The molecule has 4 rings (SSSR count). The van der Waals surface area contributed by atoms with Gasteiger partial charge in [0.1, 0.15) is 24.8 Å². The predicted molar refractivity (Wildman–Crippen MR) is 328 cm³/mol. The molecular formula is C60H93N9O19S. The summed E-state index contributed by atoms with van der Waals surface area (Å²) in [6.45, 7) is 12.0. The molecule has 28 nitrogen and oxygen atoms in total. The van der Waals surface area contributed by atoms with Crippen LogP contribution < -0.4 is 26.6 Å². The second-order valence-electron chi connectivity index (χ2n) is 20.2. The lowest BCUT2D eigenvalue weighted by Gasteiger charge is -2.30. The first kappa shape index (κ1) is 75.7. The fourth-order valence-corrected chi connectivity index (χ4v) is 8.87. The molecule has 3 aromatic rings. The molecule has 6 N–H and O–H groups in total. The van der Waals surface area contributed by atoms with E-state index in [2.05, 4.69) is 47.0 Å². The van der Waals surface area contributed by atoms with Gasteiger partial charge in [0.05, 0.1) is 157 Å². The Morgan fingerprint density at radius 1 is 0.528 bits per heavy atom. The zero-order valence-electron chi connectivity index (χ0n) is 51.1. The van der Waals surface area contributed by atoms with Crippen LogP contribution in [0.25, 0.3) is 11.4 Å². The van der Waals surface area contributed by atoms with Crippen molar-refractivity contribution in [3.8, 4) is 11.4 Å². The van der Waals surface area contributed by atoms with Gasteiger partial charge in [0, 0.05) is 75.3 Å². The lowest BCUT2D eigenvalue weighted by Crippen LogP contribution is -2.54. The highest BCUT2D eigenvalue weighted by atomic mass is 32.1. The summed E-state index contributed by atoms with van der Waals surface area (Å²) in [7, 11) is 0. The molecule has 1 aromatic heterocycles. The number of nitrogens with zero attached hydrogens (tertiary/aromatic N) is 4. The third-order valence-corrected chi connectivity index (χ3v) is 13.5. The Bertz CT molecular complexity index is 2310. The summed E-state index contributed by atoms with van der Waals surface area (Å²) in [4.78, 5) is 58.2. The lowest BCUT2D eigenvalue weighted by atomic mass is 9.95. The van der Waals surface area contributed by atoms with E-state index < -0.39 is 12.0 Å². The molecule has 498 valence electrons. The van der Waals surface area contributed by atoms with E-state index in [4.69, 9.17) is 73.8 Å². The van der Waals surface area contributed by atoms with Crippen molar-refractivity contribution in [1.29, 1.82) is 0 Å². The molecule has 0 saturated carbocycles. The van der Waals surface area contributed by atoms with E-state index in [9.17, 15) is 29.1 Å². The Labute approximate surface area is 526 Å². The molecule has 0 amide bonds. The van der Waals surface area contributed by atoms with Crippen LogP contribution in [0.2, 0.25) is 0 Å². The SMILES string of the molecule is O=COCC1CNC(CC(=O)O)C(Cc2ccc(NC(=S)NCCOCCOCCOCCOCCOCCOCCOCCOCCOCCOCCOCCCC(=O)CCCC(=O)CCc3ccc(-c4nncnn4)cc3)cc2)NC(COC=O)CN1. The zero-order valence-corrected chi connectivity index (χ0v) is 51.9. The van der Waals surface area contributed by atoms with Gasteiger partial charge in [0.25, 0.3) is 12.9 Å². The summed E-state index contributed by atoms with van der Waals surface area (Å²) < 4.78 is 71.1. The van der Waals surface area contributed by atoms with Crippen molar-refractivity contribution in [3.63, 3.8) is 0 Å². The van der Waals surface area contributed by atoms with Crippen molar-refractivity contribution < 1.29 is 90.7 Å². The van der Waals surface area contributed by atoms with Crippen molar-refractivity contribution in [2.45, 2.75) is 82.0 Å². The molecule has 4 unspecified atom stereocenters. The largest absolute Gasteiger partial charge is 0.481 e. The first-order chi connectivity index (χ1) is 43.7. The molecule has 0 radical (unpaired) electrons. The van der Waals surface area contributed by atoms with Crippen LogP contribution in [-0.2, 0) is 98.4 Å². The molecule has 1 fully saturated rings. The number of benzene rings is 2. The van der Waals surface area contributed by atoms with Gasteiger partial charge in [-0.25, -0.2) is 0 Å². The molecule has 1 aliphatic heterocycles. The molecule has 0 spiro atoms. The van der Waals surface area contributed by atoms with Gasteiger partial charge >= 0.3 is 5.97 Å². The second kappa shape index (κ2) is 51.9. The molecule has 1 aliphatic rings. The minimum Gasteiger partial charge on any atom is -0.481 e. The normalized spacial score (nSPS) is 16.0. The highest BCUT2D eigenvalue weighted by Crippen LogP contribution is 2.17. The number of rotatable bonds is 56. The van der Waals surface area contributed by atoms with E-state index in [1.54, 1.807) is 0 Å². The number of carboxylic acids is 1. The van der Waals surface area contributed by atoms with Crippen LogP contribution in [0.3, 0.4) is 0 Å². The summed E-state index contributed by atoms with van der Waals surface area (Å²) in [5.74, 6) is -0.214. The Morgan fingerprint density at radius 3 is 1.46 bits per heavy atom. The number of hydrogen-bond acceptors (Lipinski definition) is 26. The molecule has 2 aromatic carbocycles. The Balaban J connectivity index is 0.809. The van der Waals surface area contributed by atoms with Gasteiger partial charge in [-0.3, -0.25) is 24.0 Å². The number of carbonyl (C=O) groups excluding carboxylic acids is 4. The van der Waals surface area contributed by atoms with E-state index in [0.717, 1.165) is 22.4 Å². The van der Waals surface area contributed by atoms with Gasteiger partial charge in [-0.1, -0.05) is 36.4 Å². The van der Waals surface area contributed by atoms with Gasteiger partial charge in [-0.05, 0) is 61.2 Å². The summed E-state index contributed by atoms with van der Waals surface area (Å²) in [5, 5.41) is 41.8. The van der Waals surface area contributed by atoms with Gasteiger partial charge < -0.3 is 93.3 Å². The number of aliphatic carboxylic acids is 1. The molecule has 89 heavy (non-hydrogen) atoms.